The zero-order valence-electron chi connectivity index (χ0n) is 14.4. The average Bonchev–Trinajstić information content (AvgIpc) is 2.98. The van der Waals surface area contributed by atoms with Crippen LogP contribution in [0.1, 0.15) is 21.6 Å². The second kappa shape index (κ2) is 6.69. The topological polar surface area (TPSA) is 52.2 Å². The summed E-state index contributed by atoms with van der Waals surface area (Å²) in [5.74, 6) is 0.138. The highest BCUT2D eigenvalue weighted by Gasteiger charge is 2.25. The number of fused-ring (bicyclic) bond motifs is 1. The summed E-state index contributed by atoms with van der Waals surface area (Å²) in [5.41, 5.74) is 4.06. The van der Waals surface area contributed by atoms with Gasteiger partial charge >= 0.3 is 0 Å². The molecule has 1 aliphatic rings. The summed E-state index contributed by atoms with van der Waals surface area (Å²) in [5, 5.41) is 1.02. The molecule has 3 aromatic rings. The Hall–Kier alpha value is -2.66. The van der Waals surface area contributed by atoms with Gasteiger partial charge in [-0.05, 0) is 30.7 Å². The number of rotatable bonds is 3. The van der Waals surface area contributed by atoms with E-state index in [2.05, 4.69) is 14.9 Å². The highest BCUT2D eigenvalue weighted by Crippen LogP contribution is 2.24. The molecule has 1 amide bonds. The molecule has 0 saturated carbocycles. The molecule has 25 heavy (non-hydrogen) atoms. The minimum absolute atomic E-state index is 0.138. The molecule has 128 valence electrons. The van der Waals surface area contributed by atoms with Gasteiger partial charge < -0.3 is 9.88 Å². The van der Waals surface area contributed by atoms with Crippen molar-refractivity contribution in [3.8, 4) is 0 Å². The third kappa shape index (κ3) is 3.15. The zero-order chi connectivity index (χ0) is 17.2. The van der Waals surface area contributed by atoms with E-state index < -0.39 is 0 Å². The molecule has 1 aliphatic heterocycles. The fraction of sp³-hybridized carbons (Fsp3) is 0.300. The molecule has 0 unspecified atom stereocenters. The Bertz CT molecular complexity index is 879. The van der Waals surface area contributed by atoms with E-state index in [9.17, 15) is 4.79 Å². The first kappa shape index (κ1) is 15.8. The van der Waals surface area contributed by atoms with Crippen LogP contribution in [0.2, 0.25) is 0 Å². The molecule has 1 N–H and O–H groups in total. The summed E-state index contributed by atoms with van der Waals surface area (Å²) in [4.78, 5) is 24.8. The van der Waals surface area contributed by atoms with E-state index in [1.165, 1.54) is 5.56 Å². The summed E-state index contributed by atoms with van der Waals surface area (Å²) in [6.45, 7) is 6.22. The fourth-order valence-electron chi connectivity index (χ4n) is 3.57. The number of para-hydroxylation sites is 1. The van der Waals surface area contributed by atoms with Crippen LogP contribution in [0, 0.1) is 6.92 Å². The first-order valence-electron chi connectivity index (χ1n) is 8.70. The lowest BCUT2D eigenvalue weighted by atomic mass is 10.1. The molecule has 0 radical (unpaired) electrons. The Balaban J connectivity index is 1.45. The van der Waals surface area contributed by atoms with Gasteiger partial charge in [0.05, 0.1) is 5.56 Å². The van der Waals surface area contributed by atoms with Gasteiger partial charge in [0.2, 0.25) is 0 Å². The number of benzene rings is 1. The van der Waals surface area contributed by atoms with Crippen molar-refractivity contribution in [2.45, 2.75) is 13.5 Å². The molecule has 1 fully saturated rings. The Labute approximate surface area is 147 Å². The van der Waals surface area contributed by atoms with Crippen molar-refractivity contribution in [1.82, 2.24) is 19.8 Å². The molecule has 3 heterocycles. The number of aromatic amines is 1. The maximum atomic E-state index is 13.0. The van der Waals surface area contributed by atoms with Crippen molar-refractivity contribution in [2.75, 3.05) is 26.2 Å². The number of carbonyl (C=O) groups is 1. The highest BCUT2D eigenvalue weighted by molar-refractivity contribution is 6.08. The Morgan fingerprint density at radius 2 is 1.80 bits per heavy atom. The molecule has 0 spiro atoms. The number of hydrogen-bond donors (Lipinski definition) is 1. The normalized spacial score (nSPS) is 15.6. The lowest BCUT2D eigenvalue weighted by Gasteiger charge is -2.34. The maximum absolute atomic E-state index is 13.0. The van der Waals surface area contributed by atoms with Crippen LogP contribution >= 0.6 is 0 Å². The van der Waals surface area contributed by atoms with E-state index in [0.29, 0.717) is 0 Å². The standard InChI is InChI=1S/C20H22N4O/c1-15-19(17-4-2-3-5-18(17)22-15)20(25)24-12-10-23(11-13-24)14-16-6-8-21-9-7-16/h2-9,22H,10-14H2,1H3. The van der Waals surface area contributed by atoms with Crippen molar-refractivity contribution >= 4 is 16.8 Å². The van der Waals surface area contributed by atoms with E-state index >= 15 is 0 Å². The predicted molar refractivity (Wildman–Crippen MR) is 98.5 cm³/mol. The maximum Gasteiger partial charge on any atom is 0.256 e. The molecule has 1 saturated heterocycles. The van der Waals surface area contributed by atoms with Gasteiger partial charge in [0.15, 0.2) is 0 Å². The van der Waals surface area contributed by atoms with Crippen LogP contribution < -0.4 is 0 Å². The third-order valence-corrected chi connectivity index (χ3v) is 4.92. The van der Waals surface area contributed by atoms with Gasteiger partial charge in [0, 0.05) is 61.7 Å². The molecule has 4 rings (SSSR count). The molecule has 0 atom stereocenters. The van der Waals surface area contributed by atoms with Gasteiger partial charge in [-0.1, -0.05) is 18.2 Å². The SMILES string of the molecule is Cc1[nH]c2ccccc2c1C(=O)N1CCN(Cc2ccncc2)CC1. The predicted octanol–water partition coefficient (Wildman–Crippen LogP) is 2.83. The first-order valence-corrected chi connectivity index (χ1v) is 8.70. The van der Waals surface area contributed by atoms with E-state index in [1.54, 1.807) is 0 Å². The van der Waals surface area contributed by atoms with Crippen molar-refractivity contribution in [3.05, 3.63) is 65.6 Å². The zero-order valence-corrected chi connectivity index (χ0v) is 14.4. The molecule has 1 aromatic carbocycles. The summed E-state index contributed by atoms with van der Waals surface area (Å²) in [6, 6.07) is 12.1. The van der Waals surface area contributed by atoms with Gasteiger partial charge in [-0.15, -0.1) is 0 Å². The quantitative estimate of drug-likeness (QED) is 0.801. The third-order valence-electron chi connectivity index (χ3n) is 4.92. The number of H-pyrrole nitrogens is 1. The summed E-state index contributed by atoms with van der Waals surface area (Å²) in [6.07, 6.45) is 3.66. The van der Waals surface area contributed by atoms with Crippen LogP contribution in [0.4, 0.5) is 0 Å². The van der Waals surface area contributed by atoms with Gasteiger partial charge in [-0.2, -0.15) is 0 Å². The number of aryl methyl sites for hydroxylation is 1. The summed E-state index contributed by atoms with van der Waals surface area (Å²) in [7, 11) is 0. The first-order chi connectivity index (χ1) is 12.2. The molecular weight excluding hydrogens is 312 g/mol. The molecule has 5 heteroatoms. The van der Waals surface area contributed by atoms with Gasteiger partial charge in [-0.3, -0.25) is 14.7 Å². The van der Waals surface area contributed by atoms with Crippen molar-refractivity contribution in [3.63, 3.8) is 0 Å². The lowest BCUT2D eigenvalue weighted by Crippen LogP contribution is -2.48. The molecule has 2 aromatic heterocycles. The minimum atomic E-state index is 0.138. The van der Waals surface area contributed by atoms with Crippen LogP contribution in [0.25, 0.3) is 10.9 Å². The van der Waals surface area contributed by atoms with E-state index in [4.69, 9.17) is 0 Å². The molecular formula is C20H22N4O. The van der Waals surface area contributed by atoms with Crippen LogP contribution in [0.3, 0.4) is 0 Å². The number of piperazine rings is 1. The Kier molecular flexibility index (Phi) is 4.24. The van der Waals surface area contributed by atoms with Crippen LogP contribution in [0.15, 0.2) is 48.8 Å². The Morgan fingerprint density at radius 1 is 1.08 bits per heavy atom. The number of pyridine rings is 1. The summed E-state index contributed by atoms with van der Waals surface area (Å²) >= 11 is 0. The number of aromatic nitrogens is 2. The van der Waals surface area contributed by atoms with Crippen molar-refractivity contribution in [1.29, 1.82) is 0 Å². The van der Waals surface area contributed by atoms with Crippen LogP contribution in [0.5, 0.6) is 0 Å². The van der Waals surface area contributed by atoms with E-state index in [1.807, 2.05) is 60.6 Å². The monoisotopic (exact) mass is 334 g/mol. The highest BCUT2D eigenvalue weighted by atomic mass is 16.2. The lowest BCUT2D eigenvalue weighted by molar-refractivity contribution is 0.0629. The number of nitrogens with zero attached hydrogens (tertiary/aromatic N) is 3. The van der Waals surface area contributed by atoms with Gasteiger partial charge in [0.25, 0.3) is 5.91 Å². The molecule has 0 bridgehead atoms. The van der Waals surface area contributed by atoms with E-state index in [-0.39, 0.29) is 5.91 Å². The molecule has 0 aliphatic carbocycles. The van der Waals surface area contributed by atoms with Crippen molar-refractivity contribution < 1.29 is 4.79 Å². The average molecular weight is 334 g/mol. The molecule has 5 nitrogen and oxygen atoms in total. The largest absolute Gasteiger partial charge is 0.358 e. The fourth-order valence-corrected chi connectivity index (χ4v) is 3.57. The second-order valence-corrected chi connectivity index (χ2v) is 6.59. The summed E-state index contributed by atoms with van der Waals surface area (Å²) < 4.78 is 0. The van der Waals surface area contributed by atoms with Crippen LogP contribution in [-0.2, 0) is 6.54 Å². The smallest absolute Gasteiger partial charge is 0.256 e. The number of carbonyl (C=O) groups excluding carboxylic acids is 1. The van der Waals surface area contributed by atoms with Crippen LogP contribution in [-0.4, -0.2) is 51.9 Å². The number of hydrogen-bond acceptors (Lipinski definition) is 3. The van der Waals surface area contributed by atoms with Gasteiger partial charge in [0.1, 0.15) is 0 Å². The Morgan fingerprint density at radius 3 is 2.56 bits per heavy atom. The van der Waals surface area contributed by atoms with Crippen molar-refractivity contribution in [2.24, 2.45) is 0 Å². The second-order valence-electron chi connectivity index (χ2n) is 6.59. The van der Waals surface area contributed by atoms with E-state index in [0.717, 1.165) is 54.9 Å². The van der Waals surface area contributed by atoms with Gasteiger partial charge in [-0.25, -0.2) is 0 Å². The number of nitrogens with one attached hydrogen (secondary N) is 1. The number of amides is 1. The minimum Gasteiger partial charge on any atom is -0.358 e.